The predicted octanol–water partition coefficient (Wildman–Crippen LogP) is 3.34. The molecular weight excluding hydrogens is 330 g/mol. The number of nitrogen functional groups attached to an aromatic ring is 1. The number of hydrogen-bond donors (Lipinski definition) is 2. The van der Waals surface area contributed by atoms with Crippen LogP contribution in [0.3, 0.4) is 0 Å². The molecule has 0 bridgehead atoms. The Balaban J connectivity index is 1.62. The van der Waals surface area contributed by atoms with Gasteiger partial charge >= 0.3 is 0 Å². The summed E-state index contributed by atoms with van der Waals surface area (Å²) in [5.41, 5.74) is 8.59. The fraction of sp³-hybridized carbons (Fsp3) is 0.158. The number of rotatable bonds is 4. The van der Waals surface area contributed by atoms with E-state index >= 15 is 0 Å². The number of para-hydroxylation sites is 1. The SMILES string of the molecule is CN(c1ccccc1)c1ncnc(Nc2ccc3c(c2)OCCO3)c1N. The van der Waals surface area contributed by atoms with Crippen LogP contribution in [0, 0.1) is 0 Å². The summed E-state index contributed by atoms with van der Waals surface area (Å²) in [6, 6.07) is 15.5. The number of aromatic nitrogens is 2. The highest BCUT2D eigenvalue weighted by Gasteiger charge is 2.15. The molecule has 0 unspecified atom stereocenters. The van der Waals surface area contributed by atoms with E-state index in [4.69, 9.17) is 15.2 Å². The monoisotopic (exact) mass is 349 g/mol. The molecule has 1 aliphatic rings. The summed E-state index contributed by atoms with van der Waals surface area (Å²) >= 11 is 0. The third-order valence-corrected chi connectivity index (χ3v) is 4.13. The van der Waals surface area contributed by atoms with E-state index in [0.29, 0.717) is 36.3 Å². The number of nitrogens with one attached hydrogen (secondary N) is 1. The van der Waals surface area contributed by atoms with Crippen LogP contribution in [0.4, 0.5) is 28.7 Å². The molecule has 7 heteroatoms. The normalized spacial score (nSPS) is 12.5. The second-order valence-electron chi connectivity index (χ2n) is 5.84. The molecule has 3 aromatic rings. The Hall–Kier alpha value is -3.48. The summed E-state index contributed by atoms with van der Waals surface area (Å²) in [6.07, 6.45) is 1.49. The van der Waals surface area contributed by atoms with Gasteiger partial charge in [-0.3, -0.25) is 0 Å². The maximum Gasteiger partial charge on any atom is 0.163 e. The zero-order valence-corrected chi connectivity index (χ0v) is 14.3. The first-order valence-corrected chi connectivity index (χ1v) is 8.28. The highest BCUT2D eigenvalue weighted by molar-refractivity contribution is 5.81. The Morgan fingerprint density at radius 2 is 1.77 bits per heavy atom. The zero-order chi connectivity index (χ0) is 17.9. The highest BCUT2D eigenvalue weighted by Crippen LogP contribution is 2.35. The van der Waals surface area contributed by atoms with Crippen molar-refractivity contribution in [3.05, 3.63) is 54.9 Å². The summed E-state index contributed by atoms with van der Waals surface area (Å²) in [7, 11) is 1.92. The molecule has 0 amide bonds. The summed E-state index contributed by atoms with van der Waals surface area (Å²) < 4.78 is 11.2. The summed E-state index contributed by atoms with van der Waals surface area (Å²) in [5, 5.41) is 3.23. The molecule has 0 saturated heterocycles. The van der Waals surface area contributed by atoms with Crippen LogP contribution >= 0.6 is 0 Å². The molecule has 0 atom stereocenters. The number of nitrogens with two attached hydrogens (primary N) is 1. The maximum atomic E-state index is 6.32. The largest absolute Gasteiger partial charge is 0.486 e. The van der Waals surface area contributed by atoms with E-state index in [0.717, 1.165) is 17.1 Å². The van der Waals surface area contributed by atoms with Gasteiger partial charge in [-0.05, 0) is 24.3 Å². The van der Waals surface area contributed by atoms with Crippen molar-refractivity contribution >= 4 is 28.7 Å². The van der Waals surface area contributed by atoms with Gasteiger partial charge in [0, 0.05) is 24.5 Å². The van der Waals surface area contributed by atoms with Gasteiger partial charge in [-0.2, -0.15) is 0 Å². The zero-order valence-electron chi connectivity index (χ0n) is 14.3. The highest BCUT2D eigenvalue weighted by atomic mass is 16.6. The van der Waals surface area contributed by atoms with Crippen LogP contribution in [-0.2, 0) is 0 Å². The average molecular weight is 349 g/mol. The fourth-order valence-electron chi connectivity index (χ4n) is 2.78. The van der Waals surface area contributed by atoms with Crippen LogP contribution in [0.5, 0.6) is 11.5 Å². The van der Waals surface area contributed by atoms with Crippen molar-refractivity contribution in [1.29, 1.82) is 0 Å². The first-order valence-electron chi connectivity index (χ1n) is 8.28. The lowest BCUT2D eigenvalue weighted by Gasteiger charge is -2.21. The van der Waals surface area contributed by atoms with Gasteiger partial charge in [-0.15, -0.1) is 0 Å². The second-order valence-corrected chi connectivity index (χ2v) is 5.84. The topological polar surface area (TPSA) is 85.5 Å². The van der Waals surface area contributed by atoms with Crippen molar-refractivity contribution in [3.63, 3.8) is 0 Å². The summed E-state index contributed by atoms with van der Waals surface area (Å²) in [5.74, 6) is 2.61. The second kappa shape index (κ2) is 6.79. The third kappa shape index (κ3) is 3.06. The minimum absolute atomic E-state index is 0.466. The van der Waals surface area contributed by atoms with E-state index in [9.17, 15) is 0 Å². The smallest absolute Gasteiger partial charge is 0.163 e. The molecule has 132 valence electrons. The number of fused-ring (bicyclic) bond motifs is 1. The molecule has 4 rings (SSSR count). The Bertz CT molecular complexity index is 917. The number of hydrogen-bond acceptors (Lipinski definition) is 7. The number of ether oxygens (including phenoxy) is 2. The lowest BCUT2D eigenvalue weighted by molar-refractivity contribution is 0.171. The van der Waals surface area contributed by atoms with Crippen LogP contribution in [0.15, 0.2) is 54.9 Å². The van der Waals surface area contributed by atoms with E-state index in [-0.39, 0.29) is 0 Å². The van der Waals surface area contributed by atoms with Crippen LogP contribution in [0.2, 0.25) is 0 Å². The maximum absolute atomic E-state index is 6.32. The molecule has 2 heterocycles. The molecule has 0 radical (unpaired) electrons. The molecule has 2 aromatic carbocycles. The van der Waals surface area contributed by atoms with Gasteiger partial charge in [0.05, 0.1) is 0 Å². The average Bonchev–Trinajstić information content (AvgIpc) is 2.70. The Labute approximate surface area is 151 Å². The van der Waals surface area contributed by atoms with Gasteiger partial charge in [-0.1, -0.05) is 18.2 Å². The van der Waals surface area contributed by atoms with Gasteiger partial charge in [0.2, 0.25) is 0 Å². The minimum Gasteiger partial charge on any atom is -0.486 e. The number of anilines is 5. The quantitative estimate of drug-likeness (QED) is 0.747. The third-order valence-electron chi connectivity index (χ3n) is 4.13. The molecule has 3 N–H and O–H groups in total. The van der Waals surface area contributed by atoms with Crippen molar-refractivity contribution in [2.45, 2.75) is 0 Å². The lowest BCUT2D eigenvalue weighted by Crippen LogP contribution is -2.16. The van der Waals surface area contributed by atoms with Crippen molar-refractivity contribution in [2.24, 2.45) is 0 Å². The van der Waals surface area contributed by atoms with Gasteiger partial charge < -0.3 is 25.4 Å². The molecule has 0 aliphatic carbocycles. The van der Waals surface area contributed by atoms with Crippen LogP contribution in [-0.4, -0.2) is 30.2 Å². The summed E-state index contributed by atoms with van der Waals surface area (Å²) in [6.45, 7) is 1.10. The van der Waals surface area contributed by atoms with Gasteiger partial charge in [0.1, 0.15) is 25.2 Å². The Morgan fingerprint density at radius 3 is 2.58 bits per heavy atom. The van der Waals surface area contributed by atoms with E-state index in [2.05, 4.69) is 15.3 Å². The van der Waals surface area contributed by atoms with Gasteiger partial charge in [-0.25, -0.2) is 9.97 Å². The lowest BCUT2D eigenvalue weighted by atomic mass is 10.2. The molecule has 1 aromatic heterocycles. The molecule has 0 saturated carbocycles. The van der Waals surface area contributed by atoms with Crippen molar-refractivity contribution in [1.82, 2.24) is 9.97 Å². The van der Waals surface area contributed by atoms with E-state index in [1.54, 1.807) is 0 Å². The molecular formula is C19H19N5O2. The van der Waals surface area contributed by atoms with Crippen LogP contribution in [0.25, 0.3) is 0 Å². The standard InChI is InChI=1S/C19H19N5O2/c1-24(14-5-3-2-4-6-14)19-17(20)18(21-12-22-19)23-13-7-8-15-16(11-13)26-10-9-25-15/h2-8,11-12H,9-10,20H2,1H3,(H,21,22,23). The summed E-state index contributed by atoms with van der Waals surface area (Å²) in [4.78, 5) is 10.5. The molecule has 0 spiro atoms. The van der Waals surface area contributed by atoms with Crippen molar-refractivity contribution < 1.29 is 9.47 Å². The molecule has 7 nitrogen and oxygen atoms in total. The minimum atomic E-state index is 0.466. The van der Waals surface area contributed by atoms with Crippen molar-refractivity contribution in [3.8, 4) is 11.5 Å². The molecule has 26 heavy (non-hydrogen) atoms. The fourth-order valence-corrected chi connectivity index (χ4v) is 2.78. The van der Waals surface area contributed by atoms with E-state index < -0.39 is 0 Å². The number of benzene rings is 2. The first-order chi connectivity index (χ1) is 12.7. The van der Waals surface area contributed by atoms with Crippen LogP contribution in [0.1, 0.15) is 0 Å². The van der Waals surface area contributed by atoms with Gasteiger partial charge in [0.15, 0.2) is 23.1 Å². The Kier molecular flexibility index (Phi) is 4.18. The number of nitrogens with zero attached hydrogens (tertiary/aromatic N) is 3. The first kappa shape index (κ1) is 16.0. The van der Waals surface area contributed by atoms with E-state index in [1.807, 2.05) is 60.5 Å². The van der Waals surface area contributed by atoms with E-state index in [1.165, 1.54) is 6.33 Å². The molecule has 1 aliphatic heterocycles. The Morgan fingerprint density at radius 1 is 1.00 bits per heavy atom. The van der Waals surface area contributed by atoms with Crippen molar-refractivity contribution in [2.75, 3.05) is 36.2 Å². The van der Waals surface area contributed by atoms with Gasteiger partial charge in [0.25, 0.3) is 0 Å². The predicted molar refractivity (Wildman–Crippen MR) is 102 cm³/mol. The molecule has 0 fully saturated rings. The van der Waals surface area contributed by atoms with Crippen LogP contribution < -0.4 is 25.4 Å².